The van der Waals surface area contributed by atoms with E-state index in [2.05, 4.69) is 5.32 Å². The predicted octanol–water partition coefficient (Wildman–Crippen LogP) is 0.112. The van der Waals surface area contributed by atoms with Gasteiger partial charge in [-0.1, -0.05) is 0 Å². The normalized spacial score (nSPS) is 20.6. The van der Waals surface area contributed by atoms with Crippen molar-refractivity contribution in [3.05, 3.63) is 0 Å². The van der Waals surface area contributed by atoms with E-state index in [0.29, 0.717) is 13.0 Å². The number of carboxylic acid groups (broad SMARTS) is 1. The van der Waals surface area contributed by atoms with Crippen LogP contribution in [0, 0.1) is 0 Å². The van der Waals surface area contributed by atoms with Gasteiger partial charge in [0.1, 0.15) is 12.1 Å². The number of likely N-dealkylation sites (tertiary alicyclic amines) is 1. The van der Waals surface area contributed by atoms with Gasteiger partial charge in [0.15, 0.2) is 0 Å². The van der Waals surface area contributed by atoms with E-state index in [1.54, 1.807) is 0 Å². The van der Waals surface area contributed by atoms with Crippen LogP contribution in [-0.4, -0.2) is 65.5 Å². The summed E-state index contributed by atoms with van der Waals surface area (Å²) < 4.78 is 0. The van der Waals surface area contributed by atoms with E-state index in [1.165, 1.54) is 25.9 Å². The molecule has 19 heavy (non-hydrogen) atoms. The van der Waals surface area contributed by atoms with Crippen LogP contribution in [0.4, 0.5) is 4.79 Å². The maximum Gasteiger partial charge on any atom is 0.326 e. The van der Waals surface area contributed by atoms with Gasteiger partial charge in [0.05, 0.1) is 0 Å². The Morgan fingerprint density at radius 3 is 2.53 bits per heavy atom. The number of rotatable bonds is 3. The zero-order chi connectivity index (χ0) is 14.6. The van der Waals surface area contributed by atoms with Gasteiger partial charge < -0.3 is 20.2 Å². The molecule has 0 aromatic rings. The van der Waals surface area contributed by atoms with E-state index in [4.69, 9.17) is 5.11 Å². The van der Waals surface area contributed by atoms with Gasteiger partial charge in [0.2, 0.25) is 5.91 Å². The highest BCUT2D eigenvalue weighted by atomic mass is 16.4. The van der Waals surface area contributed by atoms with Gasteiger partial charge in [0, 0.05) is 20.6 Å². The molecule has 1 saturated heterocycles. The van der Waals surface area contributed by atoms with Crippen molar-refractivity contribution in [3.63, 3.8) is 0 Å². The molecule has 1 aliphatic heterocycles. The summed E-state index contributed by atoms with van der Waals surface area (Å²) >= 11 is 0. The molecule has 0 aromatic heterocycles. The first-order valence-electron chi connectivity index (χ1n) is 6.38. The number of likely N-dealkylation sites (N-methyl/N-ethyl adjacent to an activating group) is 2. The van der Waals surface area contributed by atoms with E-state index < -0.39 is 24.1 Å². The van der Waals surface area contributed by atoms with Gasteiger partial charge in [-0.05, 0) is 26.2 Å². The van der Waals surface area contributed by atoms with Crippen LogP contribution >= 0.6 is 0 Å². The third kappa shape index (κ3) is 3.36. The number of piperidine rings is 1. The lowest BCUT2D eigenvalue weighted by Crippen LogP contribution is -2.56. The molecule has 0 bridgehead atoms. The van der Waals surface area contributed by atoms with Gasteiger partial charge in [-0.25, -0.2) is 9.59 Å². The summed E-state index contributed by atoms with van der Waals surface area (Å²) in [7, 11) is 2.97. The molecule has 0 radical (unpaired) electrons. The summed E-state index contributed by atoms with van der Waals surface area (Å²) in [5, 5.41) is 11.5. The van der Waals surface area contributed by atoms with Crippen molar-refractivity contribution in [3.8, 4) is 0 Å². The highest BCUT2D eigenvalue weighted by Crippen LogP contribution is 2.19. The van der Waals surface area contributed by atoms with Crippen LogP contribution in [0.2, 0.25) is 0 Å². The van der Waals surface area contributed by atoms with Crippen molar-refractivity contribution < 1.29 is 19.5 Å². The molecule has 2 atom stereocenters. The zero-order valence-corrected chi connectivity index (χ0v) is 11.5. The molecule has 1 aliphatic rings. The summed E-state index contributed by atoms with van der Waals surface area (Å²) in [6, 6.07) is -1.84. The molecule has 7 heteroatoms. The molecule has 1 heterocycles. The summed E-state index contributed by atoms with van der Waals surface area (Å²) in [4.78, 5) is 37.6. The predicted molar refractivity (Wildman–Crippen MR) is 68.7 cm³/mol. The van der Waals surface area contributed by atoms with Crippen LogP contribution in [0.15, 0.2) is 0 Å². The van der Waals surface area contributed by atoms with E-state index >= 15 is 0 Å². The average molecular weight is 271 g/mol. The van der Waals surface area contributed by atoms with Crippen molar-refractivity contribution >= 4 is 17.9 Å². The van der Waals surface area contributed by atoms with Crippen LogP contribution in [-0.2, 0) is 9.59 Å². The highest BCUT2D eigenvalue weighted by molar-refractivity contribution is 5.88. The summed E-state index contributed by atoms with van der Waals surface area (Å²) in [5.74, 6) is -1.27. The molecule has 1 fully saturated rings. The number of nitrogens with zero attached hydrogens (tertiary/aromatic N) is 2. The number of aliphatic carboxylic acids is 1. The zero-order valence-electron chi connectivity index (χ0n) is 11.5. The fraction of sp³-hybridized carbons (Fsp3) is 0.750. The van der Waals surface area contributed by atoms with E-state index in [1.807, 2.05) is 0 Å². The maximum atomic E-state index is 12.3. The standard InChI is InChI=1S/C12H21N3O4/c1-8(11(17)18)14(3)12(19)15-7-5-4-6-9(15)10(16)13-2/h8-9H,4-7H2,1-3H3,(H,13,16)(H,17,18). The van der Waals surface area contributed by atoms with Gasteiger partial charge >= 0.3 is 12.0 Å². The SMILES string of the molecule is CNC(=O)C1CCCCN1C(=O)N(C)C(C)C(=O)O. The molecule has 7 nitrogen and oxygen atoms in total. The van der Waals surface area contributed by atoms with E-state index in [0.717, 1.165) is 17.7 Å². The second-order valence-electron chi connectivity index (χ2n) is 4.73. The molecule has 1 rings (SSSR count). The number of hydrogen-bond acceptors (Lipinski definition) is 3. The highest BCUT2D eigenvalue weighted by Gasteiger charge is 2.35. The van der Waals surface area contributed by atoms with Gasteiger partial charge in [-0.2, -0.15) is 0 Å². The second kappa shape index (κ2) is 6.40. The maximum absolute atomic E-state index is 12.3. The largest absolute Gasteiger partial charge is 0.480 e. The Bertz CT molecular complexity index is 372. The van der Waals surface area contributed by atoms with Gasteiger partial charge in [-0.15, -0.1) is 0 Å². The van der Waals surface area contributed by atoms with Crippen molar-refractivity contribution in [1.82, 2.24) is 15.1 Å². The summed E-state index contributed by atoms with van der Waals surface area (Å²) in [5.41, 5.74) is 0. The molecule has 108 valence electrons. The van der Waals surface area contributed by atoms with Crippen LogP contribution in [0.5, 0.6) is 0 Å². The third-order valence-electron chi connectivity index (χ3n) is 3.54. The Morgan fingerprint density at radius 2 is 2.00 bits per heavy atom. The first-order valence-corrected chi connectivity index (χ1v) is 6.38. The number of amides is 3. The smallest absolute Gasteiger partial charge is 0.326 e. The number of carboxylic acids is 1. The molecule has 3 amide bonds. The van der Waals surface area contributed by atoms with Gasteiger partial charge in [0.25, 0.3) is 0 Å². The monoisotopic (exact) mass is 271 g/mol. The summed E-state index contributed by atoms with van der Waals surface area (Å²) in [6.45, 7) is 1.92. The Morgan fingerprint density at radius 1 is 1.37 bits per heavy atom. The van der Waals surface area contributed by atoms with Crippen molar-refractivity contribution in [2.45, 2.75) is 38.3 Å². The molecule has 2 unspecified atom stereocenters. The Kier molecular flexibility index (Phi) is 5.14. The first kappa shape index (κ1) is 15.3. The van der Waals surface area contributed by atoms with E-state index in [9.17, 15) is 14.4 Å². The molecule has 0 saturated carbocycles. The lowest BCUT2D eigenvalue weighted by molar-refractivity contribution is -0.141. The second-order valence-corrected chi connectivity index (χ2v) is 4.73. The van der Waals surface area contributed by atoms with Crippen molar-refractivity contribution in [2.24, 2.45) is 0 Å². The summed E-state index contributed by atoms with van der Waals surface area (Å²) in [6.07, 6.45) is 2.33. The van der Waals surface area contributed by atoms with E-state index in [-0.39, 0.29) is 5.91 Å². The third-order valence-corrected chi connectivity index (χ3v) is 3.54. The van der Waals surface area contributed by atoms with Gasteiger partial charge in [-0.3, -0.25) is 4.79 Å². The molecule has 0 aromatic carbocycles. The Hall–Kier alpha value is -1.79. The average Bonchev–Trinajstić information content (AvgIpc) is 2.43. The molecule has 2 N–H and O–H groups in total. The van der Waals surface area contributed by atoms with Crippen LogP contribution in [0.1, 0.15) is 26.2 Å². The minimum absolute atomic E-state index is 0.204. The minimum atomic E-state index is -1.07. The van der Waals surface area contributed by atoms with Crippen LogP contribution in [0.3, 0.4) is 0 Å². The fourth-order valence-electron chi connectivity index (χ4n) is 2.13. The lowest BCUT2D eigenvalue weighted by Gasteiger charge is -2.37. The van der Waals surface area contributed by atoms with Crippen LogP contribution in [0.25, 0.3) is 0 Å². The molecule has 0 aliphatic carbocycles. The number of urea groups is 1. The number of nitrogens with one attached hydrogen (secondary N) is 1. The number of hydrogen-bond donors (Lipinski definition) is 2. The first-order chi connectivity index (χ1) is 8.90. The molecular weight excluding hydrogens is 250 g/mol. The topological polar surface area (TPSA) is 90.0 Å². The quantitative estimate of drug-likeness (QED) is 0.762. The molecule has 0 spiro atoms. The van der Waals surface area contributed by atoms with Crippen LogP contribution < -0.4 is 5.32 Å². The lowest BCUT2D eigenvalue weighted by atomic mass is 10.0. The molecular formula is C12H21N3O4. The Balaban J connectivity index is 2.82. The van der Waals surface area contributed by atoms with Crippen molar-refractivity contribution in [1.29, 1.82) is 0 Å². The Labute approximate surface area is 112 Å². The van der Waals surface area contributed by atoms with Crippen molar-refractivity contribution in [2.75, 3.05) is 20.6 Å². The number of carbonyl (C=O) groups excluding carboxylic acids is 2. The minimum Gasteiger partial charge on any atom is -0.480 e. The number of carbonyl (C=O) groups is 3. The fourth-order valence-corrected chi connectivity index (χ4v) is 2.13.